The van der Waals surface area contributed by atoms with Crippen molar-refractivity contribution in [1.82, 2.24) is 14.5 Å². The lowest BCUT2D eigenvalue weighted by Gasteiger charge is -2.21. The molecular weight excluding hydrogens is 537 g/mol. The maximum absolute atomic E-state index is 13.4. The molecule has 4 rings (SSSR count). The highest BCUT2D eigenvalue weighted by Crippen LogP contribution is 2.32. The molecule has 0 aliphatic heterocycles. The molecule has 10 nitrogen and oxygen atoms in total. The van der Waals surface area contributed by atoms with Gasteiger partial charge in [0.1, 0.15) is 16.4 Å². The van der Waals surface area contributed by atoms with Crippen molar-refractivity contribution >= 4 is 44.1 Å². The van der Waals surface area contributed by atoms with Gasteiger partial charge in [-0.05, 0) is 55.8 Å². The quantitative estimate of drug-likeness (QED) is 0.335. The molecule has 38 heavy (non-hydrogen) atoms. The van der Waals surface area contributed by atoms with Crippen molar-refractivity contribution in [2.24, 2.45) is 11.1 Å². The number of primary amides is 1. The van der Waals surface area contributed by atoms with Gasteiger partial charge in [0.25, 0.3) is 15.6 Å². The van der Waals surface area contributed by atoms with Gasteiger partial charge in [-0.25, -0.2) is 22.8 Å². The van der Waals surface area contributed by atoms with Crippen LogP contribution >= 0.6 is 11.6 Å². The first-order valence-corrected chi connectivity index (χ1v) is 13.0. The molecule has 0 fully saturated rings. The van der Waals surface area contributed by atoms with Crippen molar-refractivity contribution < 1.29 is 22.3 Å². The molecule has 0 saturated carbocycles. The summed E-state index contributed by atoms with van der Waals surface area (Å²) in [5.41, 5.74) is 5.53. The highest BCUT2D eigenvalue weighted by Gasteiger charge is 2.26. The summed E-state index contributed by atoms with van der Waals surface area (Å²) in [6, 6.07) is 9.33. The van der Waals surface area contributed by atoms with Crippen molar-refractivity contribution in [3.8, 4) is 17.0 Å². The number of fused-ring (bicyclic) bond motifs is 1. The minimum absolute atomic E-state index is 0.00251. The number of aromatic nitrogens is 3. The highest BCUT2D eigenvalue weighted by atomic mass is 35.5. The summed E-state index contributed by atoms with van der Waals surface area (Å²) >= 11 is 5.95. The molecule has 2 aromatic carbocycles. The third kappa shape index (κ3) is 5.31. The first-order chi connectivity index (χ1) is 17.8. The predicted octanol–water partition coefficient (Wildman–Crippen LogP) is 3.57. The summed E-state index contributed by atoms with van der Waals surface area (Å²) in [6.07, 6.45) is 2.81. The van der Waals surface area contributed by atoms with E-state index >= 15 is 0 Å². The molecule has 0 atom stereocenters. The molecule has 0 saturated heterocycles. The molecular formula is C25H23ClFN5O5S. The van der Waals surface area contributed by atoms with Gasteiger partial charge in [-0.15, -0.1) is 0 Å². The van der Waals surface area contributed by atoms with Gasteiger partial charge < -0.3 is 10.5 Å². The van der Waals surface area contributed by atoms with Crippen molar-refractivity contribution in [2.45, 2.75) is 25.3 Å². The number of nitrogens with zero attached hydrogens (tertiary/aromatic N) is 3. The van der Waals surface area contributed by atoms with Crippen molar-refractivity contribution in [1.29, 1.82) is 0 Å². The van der Waals surface area contributed by atoms with Crippen LogP contribution in [0, 0.1) is 11.2 Å². The summed E-state index contributed by atoms with van der Waals surface area (Å²) in [5, 5.41) is -0.0142. The van der Waals surface area contributed by atoms with Crippen molar-refractivity contribution in [2.75, 3.05) is 11.8 Å². The average molecular weight is 560 g/mol. The van der Waals surface area contributed by atoms with E-state index in [1.165, 1.54) is 30.3 Å². The Labute approximate surface area is 222 Å². The first kappa shape index (κ1) is 27.0. The summed E-state index contributed by atoms with van der Waals surface area (Å²) in [4.78, 5) is 33.1. The fourth-order valence-corrected chi connectivity index (χ4v) is 5.27. The van der Waals surface area contributed by atoms with Crippen LogP contribution in [0.2, 0.25) is 5.02 Å². The molecule has 2 heterocycles. The Hall–Kier alpha value is -4.03. The number of halogens is 2. The van der Waals surface area contributed by atoms with Gasteiger partial charge in [-0.3, -0.25) is 18.9 Å². The topological polar surface area (TPSA) is 146 Å². The van der Waals surface area contributed by atoms with Gasteiger partial charge in [0.2, 0.25) is 11.8 Å². The molecule has 3 N–H and O–H groups in total. The number of amides is 1. The lowest BCUT2D eigenvalue weighted by Crippen LogP contribution is -2.38. The van der Waals surface area contributed by atoms with Crippen LogP contribution in [0.1, 0.15) is 13.8 Å². The van der Waals surface area contributed by atoms with Gasteiger partial charge >= 0.3 is 0 Å². The van der Waals surface area contributed by atoms with E-state index in [1.807, 2.05) is 0 Å². The van der Waals surface area contributed by atoms with Crippen LogP contribution in [-0.2, 0) is 21.4 Å². The van der Waals surface area contributed by atoms with Crippen LogP contribution in [-0.4, -0.2) is 36.0 Å². The maximum atomic E-state index is 13.4. The van der Waals surface area contributed by atoms with E-state index in [2.05, 4.69) is 14.7 Å². The second-order valence-electron chi connectivity index (χ2n) is 9.12. The number of methoxy groups -OCH3 is 1. The van der Waals surface area contributed by atoms with Gasteiger partial charge in [0, 0.05) is 18.3 Å². The third-order valence-corrected chi connectivity index (χ3v) is 7.71. The van der Waals surface area contributed by atoms with Crippen LogP contribution in [0.4, 0.5) is 10.1 Å². The maximum Gasteiger partial charge on any atom is 0.263 e. The number of benzene rings is 2. The number of rotatable bonds is 8. The van der Waals surface area contributed by atoms with Crippen LogP contribution in [0.25, 0.3) is 22.0 Å². The number of nitrogens with one attached hydrogen (secondary N) is 1. The zero-order valence-corrected chi connectivity index (χ0v) is 22.1. The fraction of sp³-hybridized carbons (Fsp3) is 0.200. The minimum atomic E-state index is -4.23. The van der Waals surface area contributed by atoms with E-state index < -0.39 is 27.2 Å². The number of sulfonamides is 1. The number of hydrogen-bond acceptors (Lipinski definition) is 7. The van der Waals surface area contributed by atoms with E-state index in [4.69, 9.17) is 22.1 Å². The van der Waals surface area contributed by atoms with E-state index in [0.717, 1.165) is 18.2 Å². The molecule has 0 radical (unpaired) electrons. The molecule has 2 aromatic heterocycles. The molecule has 0 aliphatic rings. The molecule has 0 aliphatic carbocycles. The van der Waals surface area contributed by atoms with Gasteiger partial charge in [-0.1, -0.05) is 17.7 Å². The Bertz CT molecular complexity index is 1740. The number of carbonyl (C=O) groups is 1. The first-order valence-electron chi connectivity index (χ1n) is 11.1. The van der Waals surface area contributed by atoms with Crippen LogP contribution in [0.15, 0.2) is 64.7 Å². The Kier molecular flexibility index (Phi) is 7.13. The molecule has 1 amide bonds. The second kappa shape index (κ2) is 10.0. The Morgan fingerprint density at radius 3 is 2.55 bits per heavy atom. The SMILES string of the molecule is COc1ncc(-c2ccc3ncn(CC(C)(C)C(N)=O)c(=O)c3c2)cc1NS(=O)(=O)c1ccc(F)cc1Cl. The summed E-state index contributed by atoms with van der Waals surface area (Å²) in [5.74, 6) is -1.26. The van der Waals surface area contributed by atoms with Crippen LogP contribution < -0.4 is 20.8 Å². The van der Waals surface area contributed by atoms with E-state index in [0.29, 0.717) is 16.6 Å². The molecule has 0 spiro atoms. The van der Waals surface area contributed by atoms with Crippen molar-refractivity contribution in [3.05, 3.63) is 76.2 Å². The third-order valence-electron chi connectivity index (χ3n) is 5.86. The number of hydrogen-bond donors (Lipinski definition) is 2. The zero-order chi connectivity index (χ0) is 27.8. The Morgan fingerprint density at radius 1 is 1.16 bits per heavy atom. The normalized spacial score (nSPS) is 11.9. The standard InChI is InChI=1S/C25H23ClFN5O5S/c1-25(2,24(28)34)12-32-13-30-19-6-4-14(8-17(19)23(32)33)15-9-20(22(37-3)29-11-15)31-38(35,36)21-7-5-16(27)10-18(21)26/h4-11,13,31H,12H2,1-3H3,(H2,28,34). The Morgan fingerprint density at radius 2 is 1.89 bits per heavy atom. The molecule has 0 bridgehead atoms. The summed E-state index contributed by atoms with van der Waals surface area (Å²) < 4.78 is 48.3. The summed E-state index contributed by atoms with van der Waals surface area (Å²) in [7, 11) is -2.91. The lowest BCUT2D eigenvalue weighted by atomic mass is 9.92. The monoisotopic (exact) mass is 559 g/mol. The molecule has 0 unspecified atom stereocenters. The smallest absolute Gasteiger partial charge is 0.263 e. The largest absolute Gasteiger partial charge is 0.480 e. The number of carbonyl (C=O) groups excluding carboxylic acids is 1. The zero-order valence-electron chi connectivity index (χ0n) is 20.5. The number of nitrogens with two attached hydrogens (primary N) is 1. The van der Waals surface area contributed by atoms with E-state index in [9.17, 15) is 22.4 Å². The predicted molar refractivity (Wildman–Crippen MR) is 141 cm³/mol. The van der Waals surface area contributed by atoms with Gasteiger partial charge in [0.15, 0.2) is 0 Å². The lowest BCUT2D eigenvalue weighted by molar-refractivity contribution is -0.126. The molecule has 198 valence electrons. The molecule has 4 aromatic rings. The van der Waals surface area contributed by atoms with E-state index in [-0.39, 0.29) is 39.0 Å². The second-order valence-corrected chi connectivity index (χ2v) is 11.2. The number of anilines is 1. The van der Waals surface area contributed by atoms with Gasteiger partial charge in [-0.2, -0.15) is 0 Å². The van der Waals surface area contributed by atoms with Crippen LogP contribution in [0.5, 0.6) is 5.88 Å². The number of ether oxygens (including phenoxy) is 1. The average Bonchev–Trinajstić information content (AvgIpc) is 2.85. The number of pyridine rings is 1. The highest BCUT2D eigenvalue weighted by molar-refractivity contribution is 7.92. The summed E-state index contributed by atoms with van der Waals surface area (Å²) in [6.45, 7) is 3.30. The fourth-order valence-electron chi connectivity index (χ4n) is 3.69. The van der Waals surface area contributed by atoms with E-state index in [1.54, 1.807) is 32.0 Å². The Balaban J connectivity index is 1.76. The molecule has 13 heteroatoms. The van der Waals surface area contributed by atoms with Crippen LogP contribution in [0.3, 0.4) is 0 Å². The minimum Gasteiger partial charge on any atom is -0.480 e. The van der Waals surface area contributed by atoms with Gasteiger partial charge in [0.05, 0.1) is 34.8 Å². The van der Waals surface area contributed by atoms with Crippen molar-refractivity contribution in [3.63, 3.8) is 0 Å².